The molecule has 0 spiro atoms. The van der Waals surface area contributed by atoms with Crippen LogP contribution in [0.15, 0.2) is 0 Å². The molecule has 2 aliphatic rings. The molecule has 1 aliphatic carbocycles. The summed E-state index contributed by atoms with van der Waals surface area (Å²) in [7, 11) is 0. The lowest BCUT2D eigenvalue weighted by molar-refractivity contribution is -0.137. The minimum absolute atomic E-state index is 0.154. The van der Waals surface area contributed by atoms with E-state index in [4.69, 9.17) is 0 Å². The highest BCUT2D eigenvalue weighted by Gasteiger charge is 2.29. The molecule has 1 aliphatic heterocycles. The summed E-state index contributed by atoms with van der Waals surface area (Å²) in [5.41, 5.74) is 0. The molecule has 1 saturated carbocycles. The lowest BCUT2D eigenvalue weighted by Crippen LogP contribution is -2.53. The summed E-state index contributed by atoms with van der Waals surface area (Å²) in [5, 5.41) is 12.2. The molecule has 0 atom stereocenters. The molecule has 0 bridgehead atoms. The van der Waals surface area contributed by atoms with Gasteiger partial charge < -0.3 is 9.80 Å². The quantitative estimate of drug-likeness (QED) is 0.907. The van der Waals surface area contributed by atoms with Crippen molar-refractivity contribution in [3.8, 4) is 0 Å². The van der Waals surface area contributed by atoms with Gasteiger partial charge in [-0.05, 0) is 19.3 Å². The smallest absolute Gasteiger partial charge is 0.323 e. The molecule has 1 aromatic heterocycles. The average Bonchev–Trinajstić information content (AvgIpc) is 3.09. The SMILES string of the molecule is CCc1nnc(NC(=O)N2CCN(C(=O)C3CCCCC3)CC2)s1. The highest BCUT2D eigenvalue weighted by Crippen LogP contribution is 2.26. The highest BCUT2D eigenvalue weighted by molar-refractivity contribution is 7.15. The van der Waals surface area contributed by atoms with Gasteiger partial charge in [0.05, 0.1) is 0 Å². The molecule has 0 aromatic carbocycles. The van der Waals surface area contributed by atoms with Crippen LogP contribution in [0.3, 0.4) is 0 Å². The molecule has 3 amide bonds. The molecular formula is C16H25N5O2S. The van der Waals surface area contributed by atoms with Gasteiger partial charge in [-0.1, -0.05) is 37.5 Å². The van der Waals surface area contributed by atoms with Gasteiger partial charge in [0.15, 0.2) is 0 Å². The maximum atomic E-state index is 12.5. The zero-order valence-electron chi connectivity index (χ0n) is 14.2. The molecule has 7 nitrogen and oxygen atoms in total. The molecule has 0 unspecified atom stereocenters. The first-order valence-electron chi connectivity index (χ1n) is 8.84. The number of aryl methyl sites for hydroxylation is 1. The second-order valence-corrected chi connectivity index (χ2v) is 7.49. The summed E-state index contributed by atoms with van der Waals surface area (Å²) in [6, 6.07) is -0.154. The summed E-state index contributed by atoms with van der Waals surface area (Å²) in [5.74, 6) is 0.486. The molecule has 2 heterocycles. The molecule has 2 fully saturated rings. The van der Waals surface area contributed by atoms with Crippen molar-refractivity contribution in [1.29, 1.82) is 0 Å². The second kappa shape index (κ2) is 7.92. The average molecular weight is 351 g/mol. The normalized spacial score (nSPS) is 19.4. The standard InChI is InChI=1S/C16H25N5O2S/c1-2-13-18-19-15(24-13)17-16(23)21-10-8-20(9-11-21)14(22)12-6-4-3-5-7-12/h12H,2-11H2,1H3,(H,17,19,23). The highest BCUT2D eigenvalue weighted by atomic mass is 32.1. The maximum Gasteiger partial charge on any atom is 0.323 e. The lowest BCUT2D eigenvalue weighted by Gasteiger charge is -2.36. The number of rotatable bonds is 3. The van der Waals surface area contributed by atoms with Crippen LogP contribution in [0.2, 0.25) is 0 Å². The van der Waals surface area contributed by atoms with Crippen LogP contribution in [0.25, 0.3) is 0 Å². The van der Waals surface area contributed by atoms with Crippen molar-refractivity contribution in [3.63, 3.8) is 0 Å². The number of carbonyl (C=O) groups is 2. The van der Waals surface area contributed by atoms with Gasteiger partial charge in [-0.15, -0.1) is 10.2 Å². The number of aromatic nitrogens is 2. The minimum Gasteiger partial charge on any atom is -0.339 e. The Morgan fingerprint density at radius 3 is 2.38 bits per heavy atom. The molecule has 3 rings (SSSR count). The third kappa shape index (κ3) is 4.03. The van der Waals surface area contributed by atoms with Gasteiger partial charge in [-0.2, -0.15) is 0 Å². The van der Waals surface area contributed by atoms with Gasteiger partial charge in [0, 0.05) is 32.1 Å². The molecule has 1 N–H and O–H groups in total. The molecule has 8 heteroatoms. The van der Waals surface area contributed by atoms with Crippen molar-refractivity contribution in [1.82, 2.24) is 20.0 Å². The summed E-state index contributed by atoms with van der Waals surface area (Å²) >= 11 is 1.40. The van der Waals surface area contributed by atoms with Gasteiger partial charge in [0.25, 0.3) is 0 Å². The fourth-order valence-corrected chi connectivity index (χ4v) is 4.02. The topological polar surface area (TPSA) is 78.4 Å². The van der Waals surface area contributed by atoms with E-state index in [1.54, 1.807) is 4.90 Å². The van der Waals surface area contributed by atoms with E-state index in [0.29, 0.717) is 31.3 Å². The number of hydrogen-bond acceptors (Lipinski definition) is 5. The first-order valence-corrected chi connectivity index (χ1v) is 9.66. The number of piperazine rings is 1. The van der Waals surface area contributed by atoms with Gasteiger partial charge in [0.1, 0.15) is 5.01 Å². The molecule has 1 aromatic rings. The lowest BCUT2D eigenvalue weighted by atomic mass is 9.88. The van der Waals surface area contributed by atoms with Crippen molar-refractivity contribution in [3.05, 3.63) is 5.01 Å². The Bertz CT molecular complexity index is 577. The summed E-state index contributed by atoms with van der Waals surface area (Å²) < 4.78 is 0. The van der Waals surface area contributed by atoms with E-state index in [-0.39, 0.29) is 17.9 Å². The van der Waals surface area contributed by atoms with Crippen LogP contribution in [0.5, 0.6) is 0 Å². The Balaban J connectivity index is 1.47. The van der Waals surface area contributed by atoms with E-state index in [1.165, 1.54) is 30.6 Å². The molecular weight excluding hydrogens is 326 g/mol. The van der Waals surface area contributed by atoms with Crippen LogP contribution in [-0.4, -0.2) is 58.1 Å². The first-order chi connectivity index (χ1) is 11.7. The number of hydrogen-bond donors (Lipinski definition) is 1. The van der Waals surface area contributed by atoms with E-state index in [9.17, 15) is 9.59 Å². The van der Waals surface area contributed by atoms with Crippen molar-refractivity contribution in [2.24, 2.45) is 5.92 Å². The van der Waals surface area contributed by atoms with E-state index < -0.39 is 0 Å². The summed E-state index contributed by atoms with van der Waals surface area (Å²) in [6.07, 6.45) is 6.45. The summed E-state index contributed by atoms with van der Waals surface area (Å²) in [4.78, 5) is 28.5. The molecule has 0 radical (unpaired) electrons. The van der Waals surface area contributed by atoms with Crippen LogP contribution in [0.1, 0.15) is 44.0 Å². The second-order valence-electron chi connectivity index (χ2n) is 6.43. The van der Waals surface area contributed by atoms with Crippen LogP contribution >= 0.6 is 11.3 Å². The third-order valence-electron chi connectivity index (χ3n) is 4.82. The monoisotopic (exact) mass is 351 g/mol. The van der Waals surface area contributed by atoms with E-state index in [1.807, 2.05) is 11.8 Å². The zero-order valence-corrected chi connectivity index (χ0v) is 15.0. The minimum atomic E-state index is -0.154. The van der Waals surface area contributed by atoms with Gasteiger partial charge in [0.2, 0.25) is 11.0 Å². The zero-order chi connectivity index (χ0) is 16.9. The van der Waals surface area contributed by atoms with E-state index in [0.717, 1.165) is 24.3 Å². The Morgan fingerprint density at radius 2 is 1.75 bits per heavy atom. The van der Waals surface area contributed by atoms with Gasteiger partial charge >= 0.3 is 6.03 Å². The fraction of sp³-hybridized carbons (Fsp3) is 0.750. The summed E-state index contributed by atoms with van der Waals surface area (Å²) in [6.45, 7) is 4.40. The van der Waals surface area contributed by atoms with E-state index in [2.05, 4.69) is 15.5 Å². The maximum absolute atomic E-state index is 12.5. The fourth-order valence-electron chi connectivity index (χ4n) is 3.36. The Morgan fingerprint density at radius 1 is 1.08 bits per heavy atom. The molecule has 24 heavy (non-hydrogen) atoms. The van der Waals surface area contributed by atoms with Crippen molar-refractivity contribution >= 4 is 28.4 Å². The number of urea groups is 1. The van der Waals surface area contributed by atoms with Gasteiger partial charge in [-0.3, -0.25) is 10.1 Å². The van der Waals surface area contributed by atoms with Gasteiger partial charge in [-0.25, -0.2) is 4.79 Å². The largest absolute Gasteiger partial charge is 0.339 e. The van der Waals surface area contributed by atoms with Crippen LogP contribution < -0.4 is 5.32 Å². The Kier molecular flexibility index (Phi) is 5.65. The van der Waals surface area contributed by atoms with Crippen molar-refractivity contribution in [2.75, 3.05) is 31.5 Å². The number of nitrogens with zero attached hydrogens (tertiary/aromatic N) is 4. The number of nitrogens with one attached hydrogen (secondary N) is 1. The first kappa shape index (κ1) is 17.1. The van der Waals surface area contributed by atoms with Crippen LogP contribution in [-0.2, 0) is 11.2 Å². The number of carbonyl (C=O) groups excluding carboxylic acids is 2. The van der Waals surface area contributed by atoms with Crippen LogP contribution in [0.4, 0.5) is 9.93 Å². The number of anilines is 1. The Hall–Kier alpha value is -1.70. The van der Waals surface area contributed by atoms with E-state index >= 15 is 0 Å². The molecule has 1 saturated heterocycles. The predicted octanol–water partition coefficient (Wildman–Crippen LogP) is 2.36. The Labute approximate surface area is 146 Å². The number of amides is 3. The molecule has 132 valence electrons. The van der Waals surface area contributed by atoms with Crippen molar-refractivity contribution in [2.45, 2.75) is 45.4 Å². The predicted molar refractivity (Wildman–Crippen MR) is 93.0 cm³/mol. The van der Waals surface area contributed by atoms with Crippen LogP contribution in [0, 0.1) is 5.92 Å². The van der Waals surface area contributed by atoms with Crippen molar-refractivity contribution < 1.29 is 9.59 Å². The third-order valence-corrected chi connectivity index (χ3v) is 5.80.